The lowest BCUT2D eigenvalue weighted by Crippen LogP contribution is -2.50. The van der Waals surface area contributed by atoms with Crippen molar-refractivity contribution >= 4 is 14.2 Å². The van der Waals surface area contributed by atoms with Crippen LogP contribution < -0.4 is 14.8 Å². The Balaban J connectivity index is 1.44. The molecule has 0 unspecified atom stereocenters. The van der Waals surface area contributed by atoms with Gasteiger partial charge in [0.25, 0.3) is 0 Å². The van der Waals surface area contributed by atoms with Gasteiger partial charge >= 0.3 is 0 Å². The highest BCUT2D eigenvalue weighted by Gasteiger charge is 2.42. The van der Waals surface area contributed by atoms with Crippen molar-refractivity contribution in [1.29, 1.82) is 0 Å². The molecule has 2 fully saturated rings. The fourth-order valence-electron chi connectivity index (χ4n) is 4.46. The van der Waals surface area contributed by atoms with Gasteiger partial charge in [0.2, 0.25) is 12.7 Å². The molecule has 7 heteroatoms. The third-order valence-corrected chi connectivity index (χ3v) is 11.9. The number of carbonyl (C=O) groups excluding carboxylic acids is 1. The fourth-order valence-corrected chi connectivity index (χ4v) is 5.51. The highest BCUT2D eigenvalue weighted by Crippen LogP contribution is 2.39. The van der Waals surface area contributed by atoms with Gasteiger partial charge in [0.05, 0.1) is 18.7 Å². The molecule has 1 N–H and O–H groups in total. The van der Waals surface area contributed by atoms with Crippen LogP contribution in [0.3, 0.4) is 0 Å². The zero-order valence-electron chi connectivity index (χ0n) is 19.0. The van der Waals surface area contributed by atoms with E-state index in [2.05, 4.69) is 50.1 Å². The largest absolute Gasteiger partial charge is 0.454 e. The molecule has 4 rings (SSSR count). The minimum atomic E-state index is -1.82. The Morgan fingerprint density at radius 1 is 1.23 bits per heavy atom. The first kappa shape index (κ1) is 21.7. The maximum Gasteiger partial charge on any atom is 0.240 e. The number of rotatable bonds is 5. The van der Waals surface area contributed by atoms with Crippen LogP contribution in [0.4, 0.5) is 0 Å². The lowest BCUT2D eigenvalue weighted by atomic mass is 9.90. The lowest BCUT2D eigenvalue weighted by Gasteiger charge is -2.38. The summed E-state index contributed by atoms with van der Waals surface area (Å²) in [7, 11) is -1.82. The second-order valence-electron chi connectivity index (χ2n) is 10.3. The third kappa shape index (κ3) is 4.12. The molecule has 0 bridgehead atoms. The fraction of sp³-hybridized carbons (Fsp3) is 0.696. The Kier molecular flexibility index (Phi) is 5.89. The third-order valence-electron chi connectivity index (χ3n) is 7.42. The van der Waals surface area contributed by atoms with Gasteiger partial charge in [-0.25, -0.2) is 0 Å². The molecular weight excluding hydrogens is 396 g/mol. The van der Waals surface area contributed by atoms with E-state index in [9.17, 15) is 4.79 Å². The summed E-state index contributed by atoms with van der Waals surface area (Å²) in [6.07, 6.45) is 3.04. The van der Waals surface area contributed by atoms with E-state index in [0.717, 1.165) is 49.4 Å². The molecule has 2 saturated heterocycles. The maximum absolute atomic E-state index is 13.6. The second kappa shape index (κ2) is 8.17. The Morgan fingerprint density at radius 3 is 2.77 bits per heavy atom. The molecule has 1 aromatic carbocycles. The number of ether oxygens (including phenoxy) is 2. The Hall–Kier alpha value is -1.57. The molecular formula is C23H36N2O4Si. The van der Waals surface area contributed by atoms with Crippen LogP contribution in [-0.2, 0) is 9.22 Å². The maximum atomic E-state index is 13.6. The second-order valence-corrected chi connectivity index (χ2v) is 15.1. The van der Waals surface area contributed by atoms with Gasteiger partial charge in [-0.05, 0) is 61.6 Å². The van der Waals surface area contributed by atoms with Crippen LogP contribution in [0.25, 0.3) is 0 Å². The minimum Gasteiger partial charge on any atom is -0.454 e. The SMILES string of the molecule is CC(C)(C)[Si](C)(C)OC[C@@H]1CCCN1C(=O)[C@@H]1NCC[C@@H]1c1ccc2c(c1)OCO2. The van der Waals surface area contributed by atoms with E-state index in [-0.39, 0.29) is 35.7 Å². The molecule has 1 aromatic rings. The number of carbonyl (C=O) groups is 1. The van der Waals surface area contributed by atoms with E-state index in [1.54, 1.807) is 0 Å². The van der Waals surface area contributed by atoms with Crippen LogP contribution in [0.2, 0.25) is 18.1 Å². The molecule has 0 aromatic heterocycles. The first-order chi connectivity index (χ1) is 14.2. The lowest BCUT2D eigenvalue weighted by molar-refractivity contribution is -0.134. The van der Waals surface area contributed by atoms with Gasteiger partial charge in [0, 0.05) is 12.5 Å². The Bertz CT molecular complexity index is 792. The first-order valence-electron chi connectivity index (χ1n) is 11.2. The smallest absolute Gasteiger partial charge is 0.240 e. The minimum absolute atomic E-state index is 0.162. The zero-order chi connectivity index (χ0) is 21.5. The van der Waals surface area contributed by atoms with Crippen molar-refractivity contribution in [3.05, 3.63) is 23.8 Å². The van der Waals surface area contributed by atoms with Crippen molar-refractivity contribution in [3.8, 4) is 11.5 Å². The van der Waals surface area contributed by atoms with E-state index < -0.39 is 8.32 Å². The topological polar surface area (TPSA) is 60.0 Å². The van der Waals surface area contributed by atoms with Gasteiger partial charge in [0.15, 0.2) is 19.8 Å². The van der Waals surface area contributed by atoms with Crippen LogP contribution in [0, 0.1) is 0 Å². The molecule has 1 amide bonds. The molecule has 3 aliphatic rings. The normalized spacial score (nSPS) is 26.4. The highest BCUT2D eigenvalue weighted by molar-refractivity contribution is 6.74. The van der Waals surface area contributed by atoms with Crippen molar-refractivity contribution in [2.24, 2.45) is 0 Å². The number of nitrogens with zero attached hydrogens (tertiary/aromatic N) is 1. The summed E-state index contributed by atoms with van der Waals surface area (Å²) < 4.78 is 17.5. The average molecular weight is 433 g/mol. The number of likely N-dealkylation sites (tertiary alicyclic amines) is 1. The van der Waals surface area contributed by atoms with Crippen LogP contribution in [-0.4, -0.2) is 57.7 Å². The van der Waals surface area contributed by atoms with Gasteiger partial charge in [0.1, 0.15) is 0 Å². The molecule has 30 heavy (non-hydrogen) atoms. The van der Waals surface area contributed by atoms with Crippen molar-refractivity contribution in [2.45, 2.75) is 76.2 Å². The van der Waals surface area contributed by atoms with Crippen molar-refractivity contribution < 1.29 is 18.7 Å². The molecule has 0 aliphatic carbocycles. The number of nitrogens with one attached hydrogen (secondary N) is 1. The molecule has 0 saturated carbocycles. The number of benzene rings is 1. The van der Waals surface area contributed by atoms with E-state index in [1.165, 1.54) is 0 Å². The predicted molar refractivity (Wildman–Crippen MR) is 120 cm³/mol. The van der Waals surface area contributed by atoms with E-state index in [1.807, 2.05) is 12.1 Å². The average Bonchev–Trinajstić information content (AvgIpc) is 3.44. The zero-order valence-corrected chi connectivity index (χ0v) is 20.0. The number of fused-ring (bicyclic) bond motifs is 1. The number of hydrogen-bond donors (Lipinski definition) is 1. The summed E-state index contributed by atoms with van der Waals surface area (Å²) in [5, 5.41) is 3.65. The van der Waals surface area contributed by atoms with Gasteiger partial charge in [-0.15, -0.1) is 0 Å². The van der Waals surface area contributed by atoms with E-state index in [0.29, 0.717) is 6.61 Å². The van der Waals surface area contributed by atoms with Crippen LogP contribution in [0.5, 0.6) is 11.5 Å². The molecule has 0 radical (unpaired) electrons. The summed E-state index contributed by atoms with van der Waals surface area (Å²) in [4.78, 5) is 15.6. The molecule has 166 valence electrons. The number of hydrogen-bond acceptors (Lipinski definition) is 5. The quantitative estimate of drug-likeness (QED) is 0.716. The molecule has 0 spiro atoms. The van der Waals surface area contributed by atoms with Crippen molar-refractivity contribution in [1.82, 2.24) is 10.2 Å². The van der Waals surface area contributed by atoms with E-state index >= 15 is 0 Å². The van der Waals surface area contributed by atoms with Gasteiger partial charge < -0.3 is 24.1 Å². The Labute approximate surface area is 181 Å². The summed E-state index contributed by atoms with van der Waals surface area (Å²) in [6, 6.07) is 6.09. The number of amides is 1. The summed E-state index contributed by atoms with van der Waals surface area (Å²) in [6.45, 7) is 14.0. The van der Waals surface area contributed by atoms with E-state index in [4.69, 9.17) is 13.9 Å². The van der Waals surface area contributed by atoms with Gasteiger partial charge in [-0.3, -0.25) is 4.79 Å². The standard InChI is InChI=1S/C23H36N2O4Si/c1-23(2,3)30(4,5)29-14-17-7-6-12-25(17)22(26)21-18(10-11-24-21)16-8-9-19-20(13-16)28-15-27-19/h8-9,13,17-18,21,24H,6-7,10-12,14-15H2,1-5H3/t17-,18+,21+/m0/s1. The highest BCUT2D eigenvalue weighted by atomic mass is 28.4. The molecule has 6 nitrogen and oxygen atoms in total. The van der Waals surface area contributed by atoms with Crippen molar-refractivity contribution in [3.63, 3.8) is 0 Å². The van der Waals surface area contributed by atoms with Crippen LogP contribution >= 0.6 is 0 Å². The van der Waals surface area contributed by atoms with Crippen LogP contribution in [0.1, 0.15) is 51.5 Å². The molecule has 3 atom stereocenters. The van der Waals surface area contributed by atoms with Crippen LogP contribution in [0.15, 0.2) is 18.2 Å². The predicted octanol–water partition coefficient (Wildman–Crippen LogP) is 3.87. The van der Waals surface area contributed by atoms with Gasteiger partial charge in [-0.2, -0.15) is 0 Å². The summed E-state index contributed by atoms with van der Waals surface area (Å²) >= 11 is 0. The first-order valence-corrected chi connectivity index (χ1v) is 14.2. The van der Waals surface area contributed by atoms with Crippen molar-refractivity contribution in [2.75, 3.05) is 26.5 Å². The summed E-state index contributed by atoms with van der Waals surface area (Å²) in [5.74, 6) is 1.95. The summed E-state index contributed by atoms with van der Waals surface area (Å²) in [5.41, 5.74) is 1.15. The monoisotopic (exact) mass is 432 g/mol. The van der Waals surface area contributed by atoms with Gasteiger partial charge in [-0.1, -0.05) is 26.8 Å². The molecule has 3 heterocycles. The molecule has 3 aliphatic heterocycles. The Morgan fingerprint density at radius 2 is 2.00 bits per heavy atom.